The Labute approximate surface area is 159 Å². The maximum absolute atomic E-state index is 12.7. The van der Waals surface area contributed by atoms with Crippen LogP contribution in [0.4, 0.5) is 10.5 Å². The third-order valence-electron chi connectivity index (χ3n) is 5.15. The summed E-state index contributed by atoms with van der Waals surface area (Å²) >= 11 is 0. The summed E-state index contributed by atoms with van der Waals surface area (Å²) in [4.78, 5) is 19.4. The molecule has 1 aromatic carbocycles. The zero-order valence-electron chi connectivity index (χ0n) is 17.4. The number of carbonyl (C=O) groups is 1. The SMILES string of the molecule is CC.CN1CCN(CCN2C(=O)NC(C(C)(C)C)c3ccccc32)CC1. The fourth-order valence-electron chi connectivity index (χ4n) is 3.58. The molecule has 5 heteroatoms. The van der Waals surface area contributed by atoms with Gasteiger partial charge < -0.3 is 10.2 Å². The molecule has 2 aliphatic heterocycles. The van der Waals surface area contributed by atoms with E-state index in [1.807, 2.05) is 24.8 Å². The van der Waals surface area contributed by atoms with Crippen molar-refractivity contribution >= 4 is 11.7 Å². The van der Waals surface area contributed by atoms with Crippen molar-refractivity contribution < 1.29 is 4.79 Å². The molecular formula is C21H36N4O. The number of urea groups is 1. The Kier molecular flexibility index (Phi) is 7.07. The highest BCUT2D eigenvalue weighted by molar-refractivity contribution is 5.95. The lowest BCUT2D eigenvalue weighted by molar-refractivity contribution is 0.156. The molecule has 5 nitrogen and oxygen atoms in total. The third kappa shape index (κ3) is 4.77. The van der Waals surface area contributed by atoms with E-state index in [9.17, 15) is 4.79 Å². The molecule has 1 fully saturated rings. The molecule has 0 spiro atoms. The predicted octanol–water partition coefficient (Wildman–Crippen LogP) is 3.58. The van der Waals surface area contributed by atoms with Gasteiger partial charge in [-0.25, -0.2) is 4.79 Å². The summed E-state index contributed by atoms with van der Waals surface area (Å²) in [5.74, 6) is 0. The van der Waals surface area contributed by atoms with E-state index < -0.39 is 0 Å². The van der Waals surface area contributed by atoms with Crippen LogP contribution in [0, 0.1) is 5.41 Å². The molecule has 2 heterocycles. The second-order valence-corrected chi connectivity index (χ2v) is 8.10. The molecule has 0 aliphatic carbocycles. The van der Waals surface area contributed by atoms with Crippen molar-refractivity contribution in [3.63, 3.8) is 0 Å². The van der Waals surface area contributed by atoms with Crippen molar-refractivity contribution in [3.8, 4) is 0 Å². The smallest absolute Gasteiger partial charge is 0.322 e. The second-order valence-electron chi connectivity index (χ2n) is 8.10. The molecule has 0 radical (unpaired) electrons. The van der Waals surface area contributed by atoms with Crippen LogP contribution in [0.3, 0.4) is 0 Å². The van der Waals surface area contributed by atoms with Gasteiger partial charge in [0.2, 0.25) is 0 Å². The van der Waals surface area contributed by atoms with Gasteiger partial charge >= 0.3 is 6.03 Å². The molecule has 1 atom stereocenters. The first-order valence-electron chi connectivity index (χ1n) is 9.94. The Hall–Kier alpha value is -1.59. The van der Waals surface area contributed by atoms with Crippen LogP contribution >= 0.6 is 0 Å². The zero-order chi connectivity index (χ0) is 19.3. The van der Waals surface area contributed by atoms with Crippen molar-refractivity contribution in [2.24, 2.45) is 5.41 Å². The molecule has 1 aromatic rings. The van der Waals surface area contributed by atoms with E-state index in [0.717, 1.165) is 45.0 Å². The average Bonchev–Trinajstić information content (AvgIpc) is 2.63. The van der Waals surface area contributed by atoms with Crippen molar-refractivity contribution in [1.82, 2.24) is 15.1 Å². The lowest BCUT2D eigenvalue weighted by Gasteiger charge is -2.41. The number of carbonyl (C=O) groups excluding carboxylic acids is 1. The molecule has 26 heavy (non-hydrogen) atoms. The molecule has 0 aromatic heterocycles. The molecule has 1 unspecified atom stereocenters. The van der Waals surface area contributed by atoms with Crippen molar-refractivity contribution in [2.75, 3.05) is 51.2 Å². The summed E-state index contributed by atoms with van der Waals surface area (Å²) in [7, 11) is 2.16. The lowest BCUT2D eigenvalue weighted by atomic mass is 9.80. The van der Waals surface area contributed by atoms with Gasteiger partial charge in [-0.3, -0.25) is 9.80 Å². The van der Waals surface area contributed by atoms with Gasteiger partial charge in [0.15, 0.2) is 0 Å². The predicted molar refractivity (Wildman–Crippen MR) is 110 cm³/mol. The van der Waals surface area contributed by atoms with Crippen LogP contribution in [0.15, 0.2) is 24.3 Å². The van der Waals surface area contributed by atoms with E-state index in [4.69, 9.17) is 0 Å². The van der Waals surface area contributed by atoms with Crippen molar-refractivity contribution in [3.05, 3.63) is 29.8 Å². The topological polar surface area (TPSA) is 38.8 Å². The summed E-state index contributed by atoms with van der Waals surface area (Å²) in [5.41, 5.74) is 2.29. The summed E-state index contributed by atoms with van der Waals surface area (Å²) < 4.78 is 0. The lowest BCUT2D eigenvalue weighted by Crippen LogP contribution is -2.53. The Morgan fingerprint density at radius 2 is 1.65 bits per heavy atom. The highest BCUT2D eigenvalue weighted by Gasteiger charge is 2.36. The van der Waals surface area contributed by atoms with Crippen LogP contribution in [0.5, 0.6) is 0 Å². The first-order valence-corrected chi connectivity index (χ1v) is 9.94. The molecule has 146 valence electrons. The molecule has 1 saturated heterocycles. The first-order chi connectivity index (χ1) is 12.4. The highest BCUT2D eigenvalue weighted by Crippen LogP contribution is 2.40. The minimum absolute atomic E-state index is 0.00465. The van der Waals surface area contributed by atoms with Gasteiger partial charge in [0.1, 0.15) is 0 Å². The molecule has 3 rings (SSSR count). The molecule has 2 amide bonds. The number of benzene rings is 1. The number of amides is 2. The molecule has 1 N–H and O–H groups in total. The Balaban J connectivity index is 0.00000117. The van der Waals surface area contributed by atoms with Gasteiger partial charge in [-0.15, -0.1) is 0 Å². The summed E-state index contributed by atoms with van der Waals surface area (Å²) in [6.07, 6.45) is 0. The van der Waals surface area contributed by atoms with Gasteiger partial charge in [0, 0.05) is 39.3 Å². The van der Waals surface area contributed by atoms with Gasteiger partial charge in [-0.1, -0.05) is 52.8 Å². The van der Waals surface area contributed by atoms with Crippen LogP contribution in [-0.2, 0) is 0 Å². The standard InChI is InChI=1S/C19H30N4O.C2H6/c1-19(2,3)17-15-7-5-6-8-16(15)23(18(24)20-17)14-13-22-11-9-21(4)10-12-22;1-2/h5-8,17H,9-14H2,1-4H3,(H,20,24);1-2H3. The maximum atomic E-state index is 12.7. The summed E-state index contributed by atoms with van der Waals surface area (Å²) in [6, 6.07) is 8.40. The maximum Gasteiger partial charge on any atom is 0.322 e. The van der Waals surface area contributed by atoms with E-state index in [-0.39, 0.29) is 17.5 Å². The molecule has 0 bridgehead atoms. The third-order valence-corrected chi connectivity index (χ3v) is 5.15. The van der Waals surface area contributed by atoms with Crippen LogP contribution in [0.25, 0.3) is 0 Å². The van der Waals surface area contributed by atoms with Crippen LogP contribution < -0.4 is 10.2 Å². The van der Waals surface area contributed by atoms with E-state index in [1.54, 1.807) is 0 Å². The average molecular weight is 361 g/mol. The number of nitrogens with one attached hydrogen (secondary N) is 1. The van der Waals surface area contributed by atoms with Crippen LogP contribution in [0.1, 0.15) is 46.2 Å². The van der Waals surface area contributed by atoms with E-state index >= 15 is 0 Å². The number of likely N-dealkylation sites (N-methyl/N-ethyl adjacent to an activating group) is 1. The largest absolute Gasteiger partial charge is 0.330 e. The Morgan fingerprint density at radius 3 is 2.27 bits per heavy atom. The summed E-state index contributed by atoms with van der Waals surface area (Å²) in [5, 5.41) is 3.22. The number of para-hydroxylation sites is 1. The first kappa shape index (κ1) is 20.7. The quantitative estimate of drug-likeness (QED) is 0.895. The normalized spacial score (nSPS) is 21.5. The van der Waals surface area contributed by atoms with Gasteiger partial charge in [-0.05, 0) is 24.1 Å². The highest BCUT2D eigenvalue weighted by atomic mass is 16.2. The minimum Gasteiger partial charge on any atom is -0.330 e. The van der Waals surface area contributed by atoms with Crippen LogP contribution in [-0.4, -0.2) is 62.1 Å². The number of hydrogen-bond acceptors (Lipinski definition) is 3. The number of piperazine rings is 1. The van der Waals surface area contributed by atoms with Crippen LogP contribution in [0.2, 0.25) is 0 Å². The van der Waals surface area contributed by atoms with E-state index in [2.05, 4.69) is 61.1 Å². The number of rotatable bonds is 3. The Bertz CT molecular complexity index is 588. The number of nitrogens with zero attached hydrogens (tertiary/aromatic N) is 3. The van der Waals surface area contributed by atoms with Gasteiger partial charge in [0.05, 0.1) is 11.7 Å². The molecule has 0 saturated carbocycles. The fraction of sp³-hybridized carbons (Fsp3) is 0.667. The monoisotopic (exact) mass is 360 g/mol. The number of hydrogen-bond donors (Lipinski definition) is 1. The second kappa shape index (κ2) is 8.87. The molecule has 2 aliphatic rings. The summed E-state index contributed by atoms with van der Waals surface area (Å²) in [6.45, 7) is 16.6. The number of anilines is 1. The van der Waals surface area contributed by atoms with Crippen molar-refractivity contribution in [2.45, 2.75) is 40.7 Å². The fourth-order valence-corrected chi connectivity index (χ4v) is 3.58. The zero-order valence-corrected chi connectivity index (χ0v) is 17.4. The Morgan fingerprint density at radius 1 is 1.04 bits per heavy atom. The minimum atomic E-state index is -0.00465. The number of fused-ring (bicyclic) bond motifs is 1. The van der Waals surface area contributed by atoms with Gasteiger partial charge in [0.25, 0.3) is 0 Å². The molecular weight excluding hydrogens is 324 g/mol. The van der Waals surface area contributed by atoms with E-state index in [1.165, 1.54) is 5.56 Å². The van der Waals surface area contributed by atoms with Gasteiger partial charge in [-0.2, -0.15) is 0 Å². The van der Waals surface area contributed by atoms with E-state index in [0.29, 0.717) is 0 Å². The van der Waals surface area contributed by atoms with Crippen molar-refractivity contribution in [1.29, 1.82) is 0 Å².